The fourth-order valence-electron chi connectivity index (χ4n) is 0.680. The summed E-state index contributed by atoms with van der Waals surface area (Å²) in [5.41, 5.74) is 0. The van der Waals surface area contributed by atoms with Gasteiger partial charge in [-0.1, -0.05) is 0 Å². The van der Waals surface area contributed by atoms with Gasteiger partial charge in [0.2, 0.25) is 0 Å². The Bertz CT molecular complexity index is 118. The third-order valence-corrected chi connectivity index (χ3v) is 1.14. The molecule has 1 heterocycles. The summed E-state index contributed by atoms with van der Waals surface area (Å²) >= 11 is 0. The Hall–Kier alpha value is -0.610. The summed E-state index contributed by atoms with van der Waals surface area (Å²) in [5, 5.41) is 0. The zero-order valence-electron chi connectivity index (χ0n) is 7.83. The Balaban J connectivity index is 0.000000202. The summed E-state index contributed by atoms with van der Waals surface area (Å²) in [7, 11) is 0. The SMILES string of the molecule is CC1OCCO1.CCOC(C)=O. The van der Waals surface area contributed by atoms with Crippen molar-refractivity contribution in [2.75, 3.05) is 19.8 Å². The fraction of sp³-hybridized carbons (Fsp3) is 0.875. The van der Waals surface area contributed by atoms with Crippen LogP contribution in [-0.2, 0) is 19.0 Å². The molecule has 0 aromatic carbocycles. The molecular formula is C8H16O4. The summed E-state index contributed by atoms with van der Waals surface area (Å²) in [4.78, 5) is 9.82. The second-order valence-electron chi connectivity index (χ2n) is 2.23. The van der Waals surface area contributed by atoms with Gasteiger partial charge in [-0.05, 0) is 13.8 Å². The molecule has 0 saturated carbocycles. The first-order valence-corrected chi connectivity index (χ1v) is 4.03. The lowest BCUT2D eigenvalue weighted by Gasteiger charge is -1.94. The maximum atomic E-state index is 9.82. The minimum atomic E-state index is -0.211. The molecule has 0 N–H and O–H groups in total. The van der Waals surface area contributed by atoms with Gasteiger partial charge in [-0.3, -0.25) is 4.79 Å². The lowest BCUT2D eigenvalue weighted by molar-refractivity contribution is -0.140. The highest BCUT2D eigenvalue weighted by molar-refractivity contribution is 5.65. The molecule has 0 aromatic rings. The van der Waals surface area contributed by atoms with Crippen molar-refractivity contribution in [3.05, 3.63) is 0 Å². The van der Waals surface area contributed by atoms with Gasteiger partial charge in [-0.25, -0.2) is 0 Å². The highest BCUT2D eigenvalue weighted by atomic mass is 16.7. The van der Waals surface area contributed by atoms with Crippen LogP contribution >= 0.6 is 0 Å². The summed E-state index contributed by atoms with van der Waals surface area (Å²) in [6, 6.07) is 0. The Morgan fingerprint density at radius 2 is 2.00 bits per heavy atom. The maximum Gasteiger partial charge on any atom is 0.302 e. The third kappa shape index (κ3) is 7.50. The zero-order chi connectivity index (χ0) is 9.40. The van der Waals surface area contributed by atoms with E-state index in [1.807, 2.05) is 6.92 Å². The molecule has 0 aromatic heterocycles. The molecular weight excluding hydrogens is 160 g/mol. The van der Waals surface area contributed by atoms with E-state index in [1.54, 1.807) is 6.92 Å². The van der Waals surface area contributed by atoms with Crippen LogP contribution in [0.1, 0.15) is 20.8 Å². The first-order chi connectivity index (χ1) is 5.66. The van der Waals surface area contributed by atoms with Gasteiger partial charge < -0.3 is 14.2 Å². The molecule has 0 spiro atoms. The molecule has 1 fully saturated rings. The van der Waals surface area contributed by atoms with Crippen LogP contribution in [0.4, 0.5) is 0 Å². The van der Waals surface area contributed by atoms with E-state index in [4.69, 9.17) is 9.47 Å². The van der Waals surface area contributed by atoms with Crippen LogP contribution in [0.25, 0.3) is 0 Å². The van der Waals surface area contributed by atoms with Crippen LogP contribution in [0.3, 0.4) is 0 Å². The van der Waals surface area contributed by atoms with Crippen molar-refractivity contribution in [2.45, 2.75) is 27.1 Å². The second kappa shape index (κ2) is 7.06. The van der Waals surface area contributed by atoms with Gasteiger partial charge in [0.15, 0.2) is 6.29 Å². The van der Waals surface area contributed by atoms with Crippen molar-refractivity contribution in [3.63, 3.8) is 0 Å². The van der Waals surface area contributed by atoms with Crippen LogP contribution in [-0.4, -0.2) is 32.1 Å². The Labute approximate surface area is 72.8 Å². The molecule has 4 nitrogen and oxygen atoms in total. The maximum absolute atomic E-state index is 9.82. The van der Waals surface area contributed by atoms with Crippen molar-refractivity contribution >= 4 is 5.97 Å². The monoisotopic (exact) mass is 176 g/mol. The first-order valence-electron chi connectivity index (χ1n) is 4.03. The van der Waals surface area contributed by atoms with Crippen LogP contribution < -0.4 is 0 Å². The summed E-state index contributed by atoms with van der Waals surface area (Å²) in [6.07, 6.45) is 0.0463. The van der Waals surface area contributed by atoms with Crippen LogP contribution in [0.15, 0.2) is 0 Å². The topological polar surface area (TPSA) is 44.8 Å². The molecule has 4 heteroatoms. The molecule has 1 saturated heterocycles. The van der Waals surface area contributed by atoms with Crippen LogP contribution in [0.2, 0.25) is 0 Å². The quantitative estimate of drug-likeness (QED) is 0.558. The van der Waals surface area contributed by atoms with E-state index in [1.165, 1.54) is 6.92 Å². The average molecular weight is 176 g/mol. The molecule has 0 aliphatic carbocycles. The number of esters is 1. The largest absolute Gasteiger partial charge is 0.466 e. The van der Waals surface area contributed by atoms with E-state index < -0.39 is 0 Å². The molecule has 0 amide bonds. The lowest BCUT2D eigenvalue weighted by atomic mass is 10.8. The van der Waals surface area contributed by atoms with E-state index in [-0.39, 0.29) is 12.3 Å². The number of ether oxygens (including phenoxy) is 3. The predicted octanol–water partition coefficient (Wildman–Crippen LogP) is 0.949. The second-order valence-corrected chi connectivity index (χ2v) is 2.23. The van der Waals surface area contributed by atoms with Crippen LogP contribution in [0, 0.1) is 0 Å². The van der Waals surface area contributed by atoms with E-state index in [0.29, 0.717) is 6.61 Å². The van der Waals surface area contributed by atoms with E-state index in [2.05, 4.69) is 4.74 Å². The van der Waals surface area contributed by atoms with Crippen molar-refractivity contribution in [1.82, 2.24) is 0 Å². The molecule has 1 aliphatic rings. The van der Waals surface area contributed by atoms with Gasteiger partial charge in [0, 0.05) is 6.92 Å². The number of hydrogen-bond donors (Lipinski definition) is 0. The molecule has 1 aliphatic heterocycles. The minimum Gasteiger partial charge on any atom is -0.466 e. The standard InChI is InChI=1S/2C4H8O2/c1-4-5-2-3-6-4;1-3-6-4(2)5/h4H,2-3H2,1H3;3H2,1-2H3. The summed E-state index contributed by atoms with van der Waals surface area (Å²) in [5.74, 6) is -0.211. The smallest absolute Gasteiger partial charge is 0.302 e. The molecule has 72 valence electrons. The highest BCUT2D eigenvalue weighted by Crippen LogP contribution is 1.99. The van der Waals surface area contributed by atoms with Crippen LogP contribution in [0.5, 0.6) is 0 Å². The van der Waals surface area contributed by atoms with Gasteiger partial charge in [0.05, 0.1) is 19.8 Å². The summed E-state index contributed by atoms with van der Waals surface area (Å²) in [6.45, 7) is 7.08. The molecule has 0 unspecified atom stereocenters. The molecule has 0 bridgehead atoms. The first kappa shape index (κ1) is 11.4. The lowest BCUT2D eigenvalue weighted by Crippen LogP contribution is -1.97. The van der Waals surface area contributed by atoms with Gasteiger partial charge in [-0.2, -0.15) is 0 Å². The van der Waals surface area contributed by atoms with E-state index >= 15 is 0 Å². The van der Waals surface area contributed by atoms with Crippen molar-refractivity contribution < 1.29 is 19.0 Å². The van der Waals surface area contributed by atoms with E-state index in [0.717, 1.165) is 13.2 Å². The zero-order valence-corrected chi connectivity index (χ0v) is 7.83. The van der Waals surface area contributed by atoms with Crippen molar-refractivity contribution in [2.24, 2.45) is 0 Å². The number of carbonyl (C=O) groups excluding carboxylic acids is 1. The molecule has 0 atom stereocenters. The molecule has 12 heavy (non-hydrogen) atoms. The van der Waals surface area contributed by atoms with Crippen molar-refractivity contribution in [1.29, 1.82) is 0 Å². The molecule has 0 radical (unpaired) electrons. The Kier molecular flexibility index (Phi) is 6.70. The fourth-order valence-corrected chi connectivity index (χ4v) is 0.680. The highest BCUT2D eigenvalue weighted by Gasteiger charge is 2.07. The number of hydrogen-bond acceptors (Lipinski definition) is 4. The van der Waals surface area contributed by atoms with Crippen molar-refractivity contribution in [3.8, 4) is 0 Å². The van der Waals surface area contributed by atoms with Gasteiger partial charge in [0.1, 0.15) is 0 Å². The predicted molar refractivity (Wildman–Crippen MR) is 43.7 cm³/mol. The molecule has 1 rings (SSSR count). The summed E-state index contributed by atoms with van der Waals surface area (Å²) < 4.78 is 14.3. The van der Waals surface area contributed by atoms with Gasteiger partial charge in [0.25, 0.3) is 0 Å². The van der Waals surface area contributed by atoms with Gasteiger partial charge in [-0.15, -0.1) is 0 Å². The Morgan fingerprint density at radius 3 is 2.08 bits per heavy atom. The number of carbonyl (C=O) groups is 1. The minimum absolute atomic E-state index is 0.0463. The normalized spacial score (nSPS) is 16.6. The Morgan fingerprint density at radius 1 is 1.50 bits per heavy atom. The van der Waals surface area contributed by atoms with E-state index in [9.17, 15) is 4.79 Å². The third-order valence-electron chi connectivity index (χ3n) is 1.14. The average Bonchev–Trinajstić information content (AvgIpc) is 2.40. The van der Waals surface area contributed by atoms with Gasteiger partial charge >= 0.3 is 5.97 Å². The number of rotatable bonds is 1.